The number of carbonyl (C=O) groups excluding carboxylic acids is 1. The van der Waals surface area contributed by atoms with Crippen LogP contribution in [0.5, 0.6) is 11.5 Å². The van der Waals surface area contributed by atoms with Crippen molar-refractivity contribution in [1.82, 2.24) is 4.90 Å². The zero-order chi connectivity index (χ0) is 16.4. The quantitative estimate of drug-likeness (QED) is 0.914. The summed E-state index contributed by atoms with van der Waals surface area (Å²) in [4.78, 5) is 14.4. The Morgan fingerprint density at radius 2 is 1.88 bits per heavy atom. The lowest BCUT2D eigenvalue weighted by Crippen LogP contribution is -2.35. The van der Waals surface area contributed by atoms with Gasteiger partial charge in [0.05, 0.1) is 26.3 Å². The van der Waals surface area contributed by atoms with Crippen molar-refractivity contribution in [2.75, 3.05) is 20.8 Å². The van der Waals surface area contributed by atoms with E-state index in [9.17, 15) is 4.79 Å². The summed E-state index contributed by atoms with van der Waals surface area (Å²) in [7, 11) is 3.23. The minimum absolute atomic E-state index is 0. The number of hydrogen-bond acceptors (Lipinski definition) is 5. The van der Waals surface area contributed by atoms with Crippen LogP contribution in [0.25, 0.3) is 0 Å². The van der Waals surface area contributed by atoms with Crippen molar-refractivity contribution in [3.8, 4) is 11.5 Å². The molecule has 1 aliphatic heterocycles. The van der Waals surface area contributed by atoms with Gasteiger partial charge < -0.3 is 24.5 Å². The summed E-state index contributed by atoms with van der Waals surface area (Å²) in [5.74, 6) is 1.95. The lowest BCUT2D eigenvalue weighted by molar-refractivity contribution is 0.0733. The molecule has 7 heteroatoms. The van der Waals surface area contributed by atoms with Crippen LogP contribution in [0.4, 0.5) is 0 Å². The number of benzene rings is 1. The second-order valence-corrected chi connectivity index (χ2v) is 5.46. The number of nitrogens with zero attached hydrogens (tertiary/aromatic N) is 1. The monoisotopic (exact) mass is 352 g/mol. The third-order valence-electron chi connectivity index (χ3n) is 4.11. The number of rotatable bonds is 4. The van der Waals surface area contributed by atoms with Gasteiger partial charge in [0.15, 0.2) is 11.5 Å². The minimum Gasteiger partial charge on any atom is -0.493 e. The maximum atomic E-state index is 12.6. The highest BCUT2D eigenvalue weighted by Crippen LogP contribution is 2.33. The van der Waals surface area contributed by atoms with E-state index < -0.39 is 0 Å². The van der Waals surface area contributed by atoms with E-state index in [1.807, 2.05) is 12.1 Å². The summed E-state index contributed by atoms with van der Waals surface area (Å²) in [5.41, 5.74) is 8.31. The number of halogens is 1. The van der Waals surface area contributed by atoms with Crippen LogP contribution < -0.4 is 15.2 Å². The van der Waals surface area contributed by atoms with Crippen molar-refractivity contribution in [3.63, 3.8) is 0 Å². The molecule has 2 heterocycles. The molecule has 0 spiro atoms. The Morgan fingerprint density at radius 3 is 2.46 bits per heavy atom. The summed E-state index contributed by atoms with van der Waals surface area (Å²) in [6.07, 6.45) is 2.25. The molecular formula is C17H21ClN2O4. The summed E-state index contributed by atoms with van der Waals surface area (Å²) in [6, 6.07) is 5.63. The summed E-state index contributed by atoms with van der Waals surface area (Å²) >= 11 is 0. The molecule has 24 heavy (non-hydrogen) atoms. The maximum Gasteiger partial charge on any atom is 0.257 e. The molecule has 2 aromatic rings. The number of methoxy groups -OCH3 is 2. The maximum absolute atomic E-state index is 12.6. The molecule has 0 saturated carbocycles. The van der Waals surface area contributed by atoms with Gasteiger partial charge in [-0.1, -0.05) is 0 Å². The van der Waals surface area contributed by atoms with Crippen LogP contribution in [-0.2, 0) is 19.5 Å². The number of hydrogen-bond donors (Lipinski definition) is 1. The lowest BCUT2D eigenvalue weighted by Gasteiger charge is -2.29. The highest BCUT2D eigenvalue weighted by molar-refractivity contribution is 5.94. The van der Waals surface area contributed by atoms with Crippen molar-refractivity contribution >= 4 is 18.3 Å². The Balaban J connectivity index is 0.00000208. The Bertz CT molecular complexity index is 729. The van der Waals surface area contributed by atoms with Crippen molar-refractivity contribution in [2.24, 2.45) is 5.73 Å². The molecule has 1 aromatic carbocycles. The van der Waals surface area contributed by atoms with Crippen LogP contribution in [0.1, 0.15) is 27.2 Å². The number of furan rings is 1. The average molecular weight is 353 g/mol. The van der Waals surface area contributed by atoms with Gasteiger partial charge in [-0.3, -0.25) is 4.79 Å². The molecule has 0 aliphatic carbocycles. The fraction of sp³-hybridized carbons (Fsp3) is 0.353. The minimum atomic E-state index is -0.0473. The predicted molar refractivity (Wildman–Crippen MR) is 91.8 cm³/mol. The molecule has 2 N–H and O–H groups in total. The van der Waals surface area contributed by atoms with Crippen molar-refractivity contribution in [2.45, 2.75) is 19.5 Å². The van der Waals surface area contributed by atoms with Crippen molar-refractivity contribution in [1.29, 1.82) is 0 Å². The van der Waals surface area contributed by atoms with E-state index in [1.165, 1.54) is 11.8 Å². The van der Waals surface area contributed by atoms with Crippen LogP contribution in [0.15, 0.2) is 28.9 Å². The Labute approximate surface area is 146 Å². The summed E-state index contributed by atoms with van der Waals surface area (Å²) in [6.45, 7) is 1.48. The molecule has 6 nitrogen and oxygen atoms in total. The second-order valence-electron chi connectivity index (χ2n) is 5.46. The zero-order valence-corrected chi connectivity index (χ0v) is 14.5. The van der Waals surface area contributed by atoms with E-state index in [2.05, 4.69) is 0 Å². The standard InChI is InChI=1S/C17H20N2O4.ClH/c1-21-15-6-11-3-4-19(9-12(11)7-16(15)22-2)17(20)13-5-14(8-18)23-10-13;/h5-7,10H,3-4,8-9,18H2,1-2H3;1H. The van der Waals surface area contributed by atoms with Gasteiger partial charge in [-0.25, -0.2) is 0 Å². The number of ether oxygens (including phenoxy) is 2. The number of fused-ring (bicyclic) bond motifs is 1. The van der Waals surface area contributed by atoms with Gasteiger partial charge in [0.2, 0.25) is 0 Å². The van der Waals surface area contributed by atoms with E-state index in [0.717, 1.165) is 12.0 Å². The van der Waals surface area contributed by atoms with E-state index in [0.29, 0.717) is 35.9 Å². The Morgan fingerprint density at radius 1 is 1.21 bits per heavy atom. The van der Waals surface area contributed by atoms with Gasteiger partial charge in [0, 0.05) is 13.1 Å². The van der Waals surface area contributed by atoms with E-state index >= 15 is 0 Å². The first-order valence-corrected chi connectivity index (χ1v) is 7.46. The molecule has 0 bridgehead atoms. The molecular weight excluding hydrogens is 332 g/mol. The highest BCUT2D eigenvalue weighted by Gasteiger charge is 2.24. The molecule has 3 rings (SSSR count). The SMILES string of the molecule is COc1cc2c(cc1OC)CN(C(=O)c1coc(CN)c1)CC2.Cl. The molecule has 1 amide bonds. The van der Waals surface area contributed by atoms with Crippen LogP contribution in [0.2, 0.25) is 0 Å². The van der Waals surface area contributed by atoms with Crippen molar-refractivity contribution in [3.05, 3.63) is 46.9 Å². The summed E-state index contributed by atoms with van der Waals surface area (Å²) in [5, 5.41) is 0. The average Bonchev–Trinajstić information content (AvgIpc) is 3.08. The first kappa shape index (κ1) is 18.2. The first-order valence-electron chi connectivity index (χ1n) is 7.46. The summed E-state index contributed by atoms with van der Waals surface area (Å²) < 4.78 is 15.9. The second kappa shape index (κ2) is 7.59. The molecule has 1 aliphatic rings. The van der Waals surface area contributed by atoms with E-state index in [4.69, 9.17) is 19.6 Å². The van der Waals surface area contributed by atoms with Crippen LogP contribution in [0.3, 0.4) is 0 Å². The fourth-order valence-electron chi connectivity index (χ4n) is 2.84. The number of amides is 1. The zero-order valence-electron chi connectivity index (χ0n) is 13.7. The van der Waals surface area contributed by atoms with Crippen LogP contribution in [0, 0.1) is 0 Å². The van der Waals surface area contributed by atoms with Gasteiger partial charge in [-0.2, -0.15) is 0 Å². The van der Waals surface area contributed by atoms with Gasteiger partial charge >= 0.3 is 0 Å². The van der Waals surface area contributed by atoms with E-state index in [1.54, 1.807) is 25.2 Å². The van der Waals surface area contributed by atoms with Crippen LogP contribution in [-0.4, -0.2) is 31.6 Å². The third kappa shape index (κ3) is 3.34. The molecule has 0 atom stereocenters. The molecule has 0 saturated heterocycles. The number of carbonyl (C=O) groups is 1. The predicted octanol–water partition coefficient (Wildman–Crippen LogP) is 2.38. The Hall–Kier alpha value is -2.18. The highest BCUT2D eigenvalue weighted by atomic mass is 35.5. The Kier molecular flexibility index (Phi) is 5.75. The largest absolute Gasteiger partial charge is 0.493 e. The van der Waals surface area contributed by atoms with Gasteiger partial charge in [0.1, 0.15) is 12.0 Å². The van der Waals surface area contributed by atoms with Crippen molar-refractivity contribution < 1.29 is 18.7 Å². The molecule has 0 radical (unpaired) electrons. The van der Waals surface area contributed by atoms with E-state index in [-0.39, 0.29) is 24.9 Å². The van der Waals surface area contributed by atoms with Gasteiger partial charge in [-0.15, -0.1) is 12.4 Å². The van der Waals surface area contributed by atoms with Gasteiger partial charge in [-0.05, 0) is 35.7 Å². The van der Waals surface area contributed by atoms with Gasteiger partial charge in [0.25, 0.3) is 5.91 Å². The smallest absolute Gasteiger partial charge is 0.257 e. The van der Waals surface area contributed by atoms with Crippen LogP contribution >= 0.6 is 12.4 Å². The first-order chi connectivity index (χ1) is 11.2. The molecule has 1 aromatic heterocycles. The number of nitrogens with two attached hydrogens (primary N) is 1. The molecule has 0 fully saturated rings. The fourth-order valence-corrected chi connectivity index (χ4v) is 2.84. The normalized spacial score (nSPS) is 13.0. The molecule has 130 valence electrons. The topological polar surface area (TPSA) is 77.9 Å². The third-order valence-corrected chi connectivity index (χ3v) is 4.11. The lowest BCUT2D eigenvalue weighted by atomic mass is 9.98. The molecule has 0 unspecified atom stereocenters.